The summed E-state index contributed by atoms with van der Waals surface area (Å²) in [6.45, 7) is 3.06. The first kappa shape index (κ1) is 16.0. The van der Waals surface area contributed by atoms with Gasteiger partial charge in [-0.15, -0.1) is 0 Å². The molecule has 0 amide bonds. The van der Waals surface area contributed by atoms with Crippen molar-refractivity contribution in [1.82, 2.24) is 4.72 Å². The molecule has 0 spiro atoms. The number of sulfonamides is 1. The third-order valence-corrected chi connectivity index (χ3v) is 3.93. The van der Waals surface area contributed by atoms with Gasteiger partial charge in [0.1, 0.15) is 4.99 Å². The van der Waals surface area contributed by atoms with Gasteiger partial charge in [-0.3, -0.25) is 0 Å². The average molecular weight is 302 g/mol. The van der Waals surface area contributed by atoms with Gasteiger partial charge < -0.3 is 10.5 Å². The summed E-state index contributed by atoms with van der Waals surface area (Å²) in [6, 6.07) is 6.90. The van der Waals surface area contributed by atoms with Crippen LogP contribution >= 0.6 is 12.2 Å². The van der Waals surface area contributed by atoms with Gasteiger partial charge in [0.25, 0.3) is 0 Å². The summed E-state index contributed by atoms with van der Waals surface area (Å²) < 4.78 is 31.2. The Bertz CT molecular complexity index is 530. The lowest BCUT2D eigenvalue weighted by Gasteiger charge is -2.08. The first-order chi connectivity index (χ1) is 8.94. The number of nitrogens with one attached hydrogen (secondary N) is 1. The molecular formula is C12H18N2O3S2. The summed E-state index contributed by atoms with van der Waals surface area (Å²) in [5.74, 6) is -0.102. The maximum atomic E-state index is 11.8. The quantitative estimate of drug-likeness (QED) is 0.548. The molecule has 0 aliphatic heterocycles. The van der Waals surface area contributed by atoms with E-state index in [1.54, 1.807) is 24.3 Å². The third kappa shape index (κ3) is 6.11. The zero-order valence-electron chi connectivity index (χ0n) is 10.8. The van der Waals surface area contributed by atoms with Crippen LogP contribution in [0.25, 0.3) is 0 Å². The fourth-order valence-electron chi connectivity index (χ4n) is 1.50. The van der Waals surface area contributed by atoms with Gasteiger partial charge in [0.05, 0.1) is 12.4 Å². The highest BCUT2D eigenvalue weighted by atomic mass is 32.2. The summed E-state index contributed by atoms with van der Waals surface area (Å²) in [5, 5.41) is 0. The fraction of sp³-hybridized carbons (Fsp3) is 0.417. The lowest BCUT2D eigenvalue weighted by Crippen LogP contribution is -2.28. The van der Waals surface area contributed by atoms with Crippen molar-refractivity contribution in [2.45, 2.75) is 12.7 Å². The predicted octanol–water partition coefficient (Wildman–Crippen LogP) is 0.777. The van der Waals surface area contributed by atoms with E-state index < -0.39 is 10.0 Å². The fourth-order valence-corrected chi connectivity index (χ4v) is 2.74. The summed E-state index contributed by atoms with van der Waals surface area (Å²) in [6.07, 6.45) is 0. The molecule has 0 aliphatic rings. The summed E-state index contributed by atoms with van der Waals surface area (Å²) in [4.78, 5) is 0.253. The molecular weight excluding hydrogens is 284 g/mol. The van der Waals surface area contributed by atoms with E-state index in [0.29, 0.717) is 24.3 Å². The van der Waals surface area contributed by atoms with Crippen molar-refractivity contribution in [3.63, 3.8) is 0 Å². The van der Waals surface area contributed by atoms with E-state index in [0.717, 1.165) is 0 Å². The van der Waals surface area contributed by atoms with Gasteiger partial charge in [-0.2, -0.15) is 0 Å². The lowest BCUT2D eigenvalue weighted by molar-refractivity contribution is 0.153. The van der Waals surface area contributed by atoms with Crippen LogP contribution in [0.4, 0.5) is 0 Å². The normalized spacial score (nSPS) is 11.4. The standard InChI is InChI=1S/C12H18N2O3S2/c1-2-17-7-6-14-19(15,16)9-10-4-3-5-11(8-10)12(13)18/h3-5,8,14H,2,6-7,9H2,1H3,(H2,13,18). The first-order valence-electron chi connectivity index (χ1n) is 5.88. The molecule has 5 nitrogen and oxygen atoms in total. The number of rotatable bonds is 8. The SMILES string of the molecule is CCOCCNS(=O)(=O)Cc1cccc(C(N)=S)c1. The molecule has 1 aromatic carbocycles. The van der Waals surface area contributed by atoms with Crippen LogP contribution in [-0.2, 0) is 20.5 Å². The van der Waals surface area contributed by atoms with E-state index in [-0.39, 0.29) is 17.3 Å². The molecule has 0 fully saturated rings. The van der Waals surface area contributed by atoms with Crippen molar-refractivity contribution in [1.29, 1.82) is 0 Å². The minimum atomic E-state index is -3.37. The highest BCUT2D eigenvalue weighted by Crippen LogP contribution is 2.08. The Kier molecular flexibility index (Phi) is 6.36. The van der Waals surface area contributed by atoms with E-state index in [9.17, 15) is 8.42 Å². The number of ether oxygens (including phenoxy) is 1. The van der Waals surface area contributed by atoms with Crippen molar-refractivity contribution < 1.29 is 13.2 Å². The van der Waals surface area contributed by atoms with Crippen molar-refractivity contribution in [3.05, 3.63) is 35.4 Å². The molecule has 1 rings (SSSR count). The number of nitrogens with two attached hydrogens (primary N) is 1. The van der Waals surface area contributed by atoms with Gasteiger partial charge in [0.15, 0.2) is 0 Å². The van der Waals surface area contributed by atoms with E-state index in [1.165, 1.54) is 0 Å². The van der Waals surface area contributed by atoms with Crippen molar-refractivity contribution in [2.75, 3.05) is 19.8 Å². The van der Waals surface area contributed by atoms with Crippen LogP contribution in [0.5, 0.6) is 0 Å². The van der Waals surface area contributed by atoms with E-state index in [1.807, 2.05) is 6.92 Å². The van der Waals surface area contributed by atoms with Gasteiger partial charge in [-0.1, -0.05) is 30.4 Å². The molecule has 106 valence electrons. The lowest BCUT2D eigenvalue weighted by atomic mass is 10.1. The minimum absolute atomic E-state index is 0.102. The van der Waals surface area contributed by atoms with Gasteiger partial charge in [-0.25, -0.2) is 13.1 Å². The summed E-state index contributed by atoms with van der Waals surface area (Å²) in [7, 11) is -3.37. The monoisotopic (exact) mass is 302 g/mol. The van der Waals surface area contributed by atoms with Crippen molar-refractivity contribution in [2.24, 2.45) is 5.73 Å². The zero-order chi connectivity index (χ0) is 14.3. The second-order valence-corrected chi connectivity index (χ2v) is 6.16. The number of hydrogen-bond donors (Lipinski definition) is 2. The van der Waals surface area contributed by atoms with Gasteiger partial charge in [0, 0.05) is 18.7 Å². The molecule has 0 saturated carbocycles. The van der Waals surface area contributed by atoms with Crippen molar-refractivity contribution >= 4 is 27.2 Å². The second-order valence-electron chi connectivity index (χ2n) is 3.91. The Labute approximate surface area is 119 Å². The zero-order valence-corrected chi connectivity index (χ0v) is 12.4. The van der Waals surface area contributed by atoms with E-state index in [2.05, 4.69) is 4.72 Å². The Morgan fingerprint density at radius 3 is 2.84 bits per heavy atom. The number of hydrogen-bond acceptors (Lipinski definition) is 4. The molecule has 3 N–H and O–H groups in total. The maximum Gasteiger partial charge on any atom is 0.215 e. The van der Waals surface area contributed by atoms with Gasteiger partial charge in [0.2, 0.25) is 10.0 Å². The van der Waals surface area contributed by atoms with Crippen LogP contribution in [0.1, 0.15) is 18.1 Å². The molecule has 0 saturated heterocycles. The highest BCUT2D eigenvalue weighted by Gasteiger charge is 2.11. The Hall–Kier alpha value is -1.02. The molecule has 1 aromatic rings. The molecule has 7 heteroatoms. The largest absolute Gasteiger partial charge is 0.389 e. The Morgan fingerprint density at radius 2 is 2.21 bits per heavy atom. The first-order valence-corrected chi connectivity index (χ1v) is 7.94. The smallest absolute Gasteiger partial charge is 0.215 e. The van der Waals surface area contributed by atoms with E-state index in [4.69, 9.17) is 22.7 Å². The summed E-state index contributed by atoms with van der Waals surface area (Å²) >= 11 is 4.86. The molecule has 0 atom stereocenters. The van der Waals surface area contributed by atoms with Crippen molar-refractivity contribution in [3.8, 4) is 0 Å². The highest BCUT2D eigenvalue weighted by molar-refractivity contribution is 7.88. The van der Waals surface area contributed by atoms with Gasteiger partial charge >= 0.3 is 0 Å². The second kappa shape index (κ2) is 7.54. The Morgan fingerprint density at radius 1 is 1.47 bits per heavy atom. The molecule has 0 radical (unpaired) electrons. The summed E-state index contributed by atoms with van der Waals surface area (Å²) in [5.41, 5.74) is 6.82. The molecule has 0 aliphatic carbocycles. The molecule has 0 bridgehead atoms. The van der Waals surface area contributed by atoms with Crippen LogP contribution in [0, 0.1) is 0 Å². The Balaban J connectivity index is 2.62. The molecule has 0 heterocycles. The predicted molar refractivity (Wildman–Crippen MR) is 79.4 cm³/mol. The van der Waals surface area contributed by atoms with E-state index >= 15 is 0 Å². The third-order valence-electron chi connectivity index (χ3n) is 2.34. The molecule has 0 unspecified atom stereocenters. The number of benzene rings is 1. The van der Waals surface area contributed by atoms with Crippen LogP contribution in [0.2, 0.25) is 0 Å². The van der Waals surface area contributed by atoms with Crippen LogP contribution in [-0.4, -0.2) is 33.2 Å². The van der Waals surface area contributed by atoms with Crippen LogP contribution in [0.3, 0.4) is 0 Å². The maximum absolute atomic E-state index is 11.8. The molecule has 0 aromatic heterocycles. The van der Waals surface area contributed by atoms with Gasteiger partial charge in [-0.05, 0) is 18.6 Å². The average Bonchev–Trinajstić information content (AvgIpc) is 2.34. The minimum Gasteiger partial charge on any atom is -0.389 e. The topological polar surface area (TPSA) is 81.4 Å². The van der Waals surface area contributed by atoms with Crippen LogP contribution < -0.4 is 10.5 Å². The van der Waals surface area contributed by atoms with Crippen LogP contribution in [0.15, 0.2) is 24.3 Å². The molecule has 19 heavy (non-hydrogen) atoms. The number of thiocarbonyl (C=S) groups is 1.